The van der Waals surface area contributed by atoms with Crippen LogP contribution in [0.5, 0.6) is 0 Å². The lowest BCUT2D eigenvalue weighted by molar-refractivity contribution is 1.14. The molecule has 0 unspecified atom stereocenters. The summed E-state index contributed by atoms with van der Waals surface area (Å²) in [6, 6.07) is 6.16. The number of hydrogen-bond acceptors (Lipinski definition) is 2. The van der Waals surface area contributed by atoms with Crippen molar-refractivity contribution in [2.24, 2.45) is 0 Å². The van der Waals surface area contributed by atoms with E-state index < -0.39 is 0 Å². The van der Waals surface area contributed by atoms with Crippen molar-refractivity contribution in [3.63, 3.8) is 0 Å². The molecule has 1 rings (SSSR count). The second-order valence-electron chi connectivity index (χ2n) is 3.23. The Balaban J connectivity index is 2.79. The third-order valence-corrected chi connectivity index (χ3v) is 2.41. The first kappa shape index (κ1) is 11.2. The summed E-state index contributed by atoms with van der Waals surface area (Å²) in [5.41, 5.74) is 9.15. The van der Waals surface area contributed by atoms with Gasteiger partial charge in [-0.2, -0.15) is 12.6 Å². The number of nitrogens with two attached hydrogens (primary N) is 1. The molecule has 0 aliphatic carbocycles. The lowest BCUT2D eigenvalue weighted by Gasteiger charge is -2.03. The van der Waals surface area contributed by atoms with Gasteiger partial charge in [0.2, 0.25) is 0 Å². The molecule has 2 heteroatoms. The number of hydrogen-bond donors (Lipinski definition) is 2. The van der Waals surface area contributed by atoms with Crippen LogP contribution >= 0.6 is 12.6 Å². The minimum absolute atomic E-state index is 0.888. The molecule has 0 radical (unpaired) electrons. The number of aryl methyl sites for hydroxylation is 1. The van der Waals surface area contributed by atoms with Crippen molar-refractivity contribution < 1.29 is 0 Å². The van der Waals surface area contributed by atoms with Crippen LogP contribution in [-0.4, -0.2) is 5.75 Å². The second-order valence-corrected chi connectivity index (χ2v) is 3.67. The van der Waals surface area contributed by atoms with Gasteiger partial charge in [0.1, 0.15) is 0 Å². The Morgan fingerprint density at radius 1 is 1.43 bits per heavy atom. The van der Waals surface area contributed by atoms with E-state index in [0.717, 1.165) is 24.3 Å². The quantitative estimate of drug-likeness (QED) is 0.575. The Morgan fingerprint density at radius 3 is 2.86 bits per heavy atom. The number of thiol groups is 1. The lowest BCUT2D eigenvalue weighted by atomic mass is 10.1. The van der Waals surface area contributed by atoms with Gasteiger partial charge in [-0.25, -0.2) is 0 Å². The molecule has 1 nitrogen and oxygen atoms in total. The summed E-state index contributed by atoms with van der Waals surface area (Å²) in [6.45, 7) is 2.12. The maximum atomic E-state index is 5.82. The highest BCUT2D eigenvalue weighted by Gasteiger charge is 1.96. The van der Waals surface area contributed by atoms with Crippen molar-refractivity contribution in [1.29, 1.82) is 0 Å². The zero-order valence-corrected chi connectivity index (χ0v) is 9.43. The molecule has 2 N–H and O–H groups in total. The van der Waals surface area contributed by atoms with Gasteiger partial charge in [-0.05, 0) is 41.9 Å². The van der Waals surface area contributed by atoms with Crippen molar-refractivity contribution in [1.82, 2.24) is 0 Å². The van der Waals surface area contributed by atoms with Crippen LogP contribution in [0.4, 0.5) is 5.69 Å². The first-order chi connectivity index (χ1) is 6.77. The zero-order valence-electron chi connectivity index (χ0n) is 8.53. The average Bonchev–Trinajstić information content (AvgIpc) is 2.21. The number of allylic oxidation sites excluding steroid dienone is 1. The number of rotatable bonds is 4. The predicted molar refractivity (Wildman–Crippen MR) is 67.7 cm³/mol. The van der Waals surface area contributed by atoms with E-state index in [-0.39, 0.29) is 0 Å². The van der Waals surface area contributed by atoms with Crippen LogP contribution in [0, 0.1) is 0 Å². The summed E-state index contributed by atoms with van der Waals surface area (Å²) in [6.07, 6.45) is 6.25. The van der Waals surface area contributed by atoms with E-state index in [2.05, 4.69) is 37.8 Å². The molecule has 0 aromatic heterocycles. The van der Waals surface area contributed by atoms with Crippen molar-refractivity contribution in [2.75, 3.05) is 11.5 Å². The van der Waals surface area contributed by atoms with Crippen LogP contribution in [0.15, 0.2) is 24.3 Å². The molecule has 0 saturated heterocycles. The summed E-state index contributed by atoms with van der Waals surface area (Å²) in [5.74, 6) is 0.895. The molecule has 0 bridgehead atoms. The number of anilines is 1. The Labute approximate surface area is 91.4 Å². The van der Waals surface area contributed by atoms with Crippen LogP contribution in [0.1, 0.15) is 24.5 Å². The monoisotopic (exact) mass is 207 g/mol. The highest BCUT2D eigenvalue weighted by Crippen LogP contribution is 2.15. The molecule has 0 heterocycles. The third-order valence-electron chi connectivity index (χ3n) is 2.15. The first-order valence-corrected chi connectivity index (χ1v) is 5.57. The second kappa shape index (κ2) is 5.76. The molecule has 0 aliphatic heterocycles. The summed E-state index contributed by atoms with van der Waals surface area (Å²) in [7, 11) is 0. The Morgan fingerprint density at radius 2 is 2.21 bits per heavy atom. The maximum Gasteiger partial charge on any atom is 0.0346 e. The molecule has 1 aromatic carbocycles. The van der Waals surface area contributed by atoms with E-state index in [0.29, 0.717) is 0 Å². The van der Waals surface area contributed by atoms with Crippen molar-refractivity contribution >= 4 is 24.4 Å². The van der Waals surface area contributed by atoms with Crippen molar-refractivity contribution in [3.05, 3.63) is 35.4 Å². The predicted octanol–water partition coefficient (Wildman–Crippen LogP) is 3.16. The van der Waals surface area contributed by atoms with Gasteiger partial charge in [0.25, 0.3) is 0 Å². The Kier molecular flexibility index (Phi) is 4.60. The average molecular weight is 207 g/mol. The van der Waals surface area contributed by atoms with Crippen LogP contribution < -0.4 is 5.73 Å². The molecule has 0 aliphatic rings. The number of nitrogen functional groups attached to an aromatic ring is 1. The molecule has 0 fully saturated rings. The number of benzene rings is 1. The minimum Gasteiger partial charge on any atom is -0.399 e. The summed E-state index contributed by atoms with van der Waals surface area (Å²) >= 11 is 4.15. The minimum atomic E-state index is 0.888. The molecular weight excluding hydrogens is 190 g/mol. The summed E-state index contributed by atoms with van der Waals surface area (Å²) in [4.78, 5) is 0. The smallest absolute Gasteiger partial charge is 0.0346 e. The summed E-state index contributed by atoms with van der Waals surface area (Å²) < 4.78 is 0. The van der Waals surface area contributed by atoms with Gasteiger partial charge >= 0.3 is 0 Å². The fourth-order valence-electron chi connectivity index (χ4n) is 1.33. The van der Waals surface area contributed by atoms with Gasteiger partial charge in [0.15, 0.2) is 0 Å². The molecule has 1 aromatic rings. The Bertz CT molecular complexity index is 318. The van der Waals surface area contributed by atoms with Gasteiger partial charge in [0.05, 0.1) is 0 Å². The molecule has 0 atom stereocenters. The molecule has 76 valence electrons. The van der Waals surface area contributed by atoms with Gasteiger partial charge in [0, 0.05) is 5.69 Å². The van der Waals surface area contributed by atoms with Gasteiger partial charge in [-0.3, -0.25) is 0 Å². The van der Waals surface area contributed by atoms with Gasteiger partial charge < -0.3 is 5.73 Å². The molecular formula is C12H17NS. The van der Waals surface area contributed by atoms with E-state index in [1.807, 2.05) is 12.1 Å². The van der Waals surface area contributed by atoms with E-state index in [1.54, 1.807) is 0 Å². The fourth-order valence-corrected chi connectivity index (χ4v) is 1.48. The van der Waals surface area contributed by atoms with Crippen LogP contribution in [0.3, 0.4) is 0 Å². The van der Waals surface area contributed by atoms with E-state index in [1.165, 1.54) is 11.1 Å². The Hall–Kier alpha value is -0.890. The van der Waals surface area contributed by atoms with Gasteiger partial charge in [-0.15, -0.1) is 0 Å². The fraction of sp³-hybridized carbons (Fsp3) is 0.333. The van der Waals surface area contributed by atoms with Crippen molar-refractivity contribution in [3.8, 4) is 0 Å². The highest BCUT2D eigenvalue weighted by molar-refractivity contribution is 7.80. The van der Waals surface area contributed by atoms with E-state index in [4.69, 9.17) is 5.73 Å². The molecule has 0 spiro atoms. The SMILES string of the molecule is CCc1cc(C=CCCS)ccc1N. The normalized spacial score (nSPS) is 11.0. The van der Waals surface area contributed by atoms with E-state index in [9.17, 15) is 0 Å². The third kappa shape index (κ3) is 3.11. The maximum absolute atomic E-state index is 5.82. The topological polar surface area (TPSA) is 26.0 Å². The van der Waals surface area contributed by atoms with Crippen LogP contribution in [0.2, 0.25) is 0 Å². The molecule has 0 amide bonds. The van der Waals surface area contributed by atoms with E-state index >= 15 is 0 Å². The standard InChI is InChI=1S/C12H17NS/c1-2-11-9-10(5-3-4-8-14)6-7-12(11)13/h3,5-7,9,14H,2,4,8,13H2,1H3. The highest BCUT2D eigenvalue weighted by atomic mass is 32.1. The molecule has 0 saturated carbocycles. The van der Waals surface area contributed by atoms with Crippen molar-refractivity contribution in [2.45, 2.75) is 19.8 Å². The van der Waals surface area contributed by atoms with Gasteiger partial charge in [-0.1, -0.05) is 25.1 Å². The molecule has 14 heavy (non-hydrogen) atoms. The lowest BCUT2D eigenvalue weighted by Crippen LogP contribution is -1.92. The van der Waals surface area contributed by atoms with Crippen LogP contribution in [-0.2, 0) is 6.42 Å². The zero-order chi connectivity index (χ0) is 10.4. The summed E-state index contributed by atoms with van der Waals surface area (Å²) in [5, 5.41) is 0. The first-order valence-electron chi connectivity index (χ1n) is 4.93. The largest absolute Gasteiger partial charge is 0.399 e. The van der Waals surface area contributed by atoms with Crippen LogP contribution in [0.25, 0.3) is 6.08 Å².